The quantitative estimate of drug-likeness (QED) is 0.789. The van der Waals surface area contributed by atoms with E-state index in [0.717, 1.165) is 25.5 Å². The second-order valence-corrected chi connectivity index (χ2v) is 4.96. The summed E-state index contributed by atoms with van der Waals surface area (Å²) in [5.74, 6) is 0.968. The molecule has 1 saturated heterocycles. The van der Waals surface area contributed by atoms with Gasteiger partial charge >= 0.3 is 0 Å². The normalized spacial score (nSPS) is 21.5. The SMILES string of the molecule is CC1CN(c2cccc(C(N)=S)n2)CCN1C. The van der Waals surface area contributed by atoms with Crippen molar-refractivity contribution in [1.82, 2.24) is 9.88 Å². The summed E-state index contributed by atoms with van der Waals surface area (Å²) in [7, 11) is 2.15. The Labute approximate surface area is 107 Å². The van der Waals surface area contributed by atoms with Gasteiger partial charge in [-0.15, -0.1) is 0 Å². The van der Waals surface area contributed by atoms with E-state index < -0.39 is 0 Å². The fourth-order valence-electron chi connectivity index (χ4n) is 1.99. The molecular weight excluding hydrogens is 232 g/mol. The summed E-state index contributed by atoms with van der Waals surface area (Å²) in [6, 6.07) is 6.37. The fraction of sp³-hybridized carbons (Fsp3) is 0.500. The van der Waals surface area contributed by atoms with E-state index in [4.69, 9.17) is 18.0 Å². The minimum absolute atomic E-state index is 0.356. The minimum atomic E-state index is 0.356. The molecule has 0 aliphatic carbocycles. The Bertz CT molecular complexity index is 421. The van der Waals surface area contributed by atoms with Crippen LogP contribution in [0.15, 0.2) is 18.2 Å². The number of thiocarbonyl (C=S) groups is 1. The highest BCUT2D eigenvalue weighted by Gasteiger charge is 2.21. The summed E-state index contributed by atoms with van der Waals surface area (Å²) >= 11 is 4.95. The van der Waals surface area contributed by atoms with E-state index in [1.54, 1.807) is 0 Å². The third-order valence-corrected chi connectivity index (χ3v) is 3.48. The number of rotatable bonds is 2. The van der Waals surface area contributed by atoms with Crippen molar-refractivity contribution in [3.8, 4) is 0 Å². The van der Waals surface area contributed by atoms with Gasteiger partial charge in [-0.2, -0.15) is 0 Å². The standard InChI is InChI=1S/C12H18N4S/c1-9-8-16(7-6-15(9)2)11-5-3-4-10(14-11)12(13)17/h3-5,9H,6-8H2,1-2H3,(H2,13,17). The predicted molar refractivity (Wildman–Crippen MR) is 74.4 cm³/mol. The molecule has 1 aliphatic rings. The largest absolute Gasteiger partial charge is 0.388 e. The number of nitrogens with two attached hydrogens (primary N) is 1. The number of pyridine rings is 1. The van der Waals surface area contributed by atoms with Crippen LogP contribution in [0.1, 0.15) is 12.6 Å². The highest BCUT2D eigenvalue weighted by atomic mass is 32.1. The lowest BCUT2D eigenvalue weighted by molar-refractivity contribution is 0.233. The number of likely N-dealkylation sites (N-methyl/N-ethyl adjacent to an activating group) is 1. The van der Waals surface area contributed by atoms with Gasteiger partial charge in [0.1, 0.15) is 10.8 Å². The van der Waals surface area contributed by atoms with Crippen LogP contribution in [0.5, 0.6) is 0 Å². The van der Waals surface area contributed by atoms with Crippen LogP contribution in [0.25, 0.3) is 0 Å². The van der Waals surface area contributed by atoms with Crippen molar-refractivity contribution >= 4 is 23.0 Å². The van der Waals surface area contributed by atoms with Crippen LogP contribution in [0.4, 0.5) is 5.82 Å². The van der Waals surface area contributed by atoms with Crippen LogP contribution < -0.4 is 10.6 Å². The molecule has 1 atom stereocenters. The first kappa shape index (κ1) is 12.3. The zero-order valence-corrected chi connectivity index (χ0v) is 11.1. The Morgan fingerprint density at radius 1 is 1.47 bits per heavy atom. The van der Waals surface area contributed by atoms with Gasteiger partial charge in [0.25, 0.3) is 0 Å². The maximum Gasteiger partial charge on any atom is 0.129 e. The fourth-order valence-corrected chi connectivity index (χ4v) is 2.11. The van der Waals surface area contributed by atoms with E-state index in [1.165, 1.54) is 0 Å². The lowest BCUT2D eigenvalue weighted by Gasteiger charge is -2.38. The Kier molecular flexibility index (Phi) is 3.59. The second kappa shape index (κ2) is 4.98. The highest BCUT2D eigenvalue weighted by molar-refractivity contribution is 7.80. The predicted octanol–water partition coefficient (Wildman–Crippen LogP) is 0.856. The number of nitrogens with zero attached hydrogens (tertiary/aromatic N) is 3. The molecule has 0 radical (unpaired) electrons. The molecule has 92 valence electrons. The van der Waals surface area contributed by atoms with Crippen LogP contribution in [-0.4, -0.2) is 47.6 Å². The van der Waals surface area contributed by atoms with Gasteiger partial charge in [-0.25, -0.2) is 4.98 Å². The summed E-state index contributed by atoms with van der Waals surface area (Å²) in [6.07, 6.45) is 0. The Morgan fingerprint density at radius 2 is 2.24 bits per heavy atom. The van der Waals surface area contributed by atoms with Gasteiger partial charge < -0.3 is 15.5 Å². The van der Waals surface area contributed by atoms with E-state index in [9.17, 15) is 0 Å². The molecule has 5 heteroatoms. The molecule has 0 amide bonds. The van der Waals surface area contributed by atoms with Crippen molar-refractivity contribution in [2.24, 2.45) is 5.73 Å². The van der Waals surface area contributed by atoms with Crippen LogP contribution in [0.3, 0.4) is 0 Å². The van der Waals surface area contributed by atoms with Crippen molar-refractivity contribution in [3.63, 3.8) is 0 Å². The molecule has 1 aliphatic heterocycles. The molecule has 1 aromatic rings. The van der Waals surface area contributed by atoms with Crippen LogP contribution in [-0.2, 0) is 0 Å². The molecule has 1 aromatic heterocycles. The summed E-state index contributed by atoms with van der Waals surface area (Å²) < 4.78 is 0. The van der Waals surface area contributed by atoms with E-state index in [1.807, 2.05) is 18.2 Å². The topological polar surface area (TPSA) is 45.4 Å². The number of aromatic nitrogens is 1. The second-order valence-electron chi connectivity index (χ2n) is 4.52. The van der Waals surface area contributed by atoms with E-state index in [0.29, 0.717) is 16.7 Å². The minimum Gasteiger partial charge on any atom is -0.388 e. The summed E-state index contributed by atoms with van der Waals surface area (Å²) in [6.45, 7) is 5.27. The average Bonchev–Trinajstić information content (AvgIpc) is 2.33. The summed E-state index contributed by atoms with van der Waals surface area (Å²) in [5.41, 5.74) is 6.30. The molecule has 0 aromatic carbocycles. The molecule has 0 bridgehead atoms. The van der Waals surface area contributed by atoms with Gasteiger partial charge in [0, 0.05) is 25.7 Å². The lowest BCUT2D eigenvalue weighted by atomic mass is 10.2. The number of hydrogen-bond donors (Lipinski definition) is 1. The van der Waals surface area contributed by atoms with E-state index in [-0.39, 0.29) is 0 Å². The van der Waals surface area contributed by atoms with E-state index in [2.05, 4.69) is 28.8 Å². The molecule has 0 spiro atoms. The van der Waals surface area contributed by atoms with Crippen LogP contribution in [0, 0.1) is 0 Å². The molecule has 1 fully saturated rings. The average molecular weight is 250 g/mol. The van der Waals surface area contributed by atoms with Crippen LogP contribution >= 0.6 is 12.2 Å². The smallest absolute Gasteiger partial charge is 0.129 e. The molecule has 2 rings (SSSR count). The van der Waals surface area contributed by atoms with Gasteiger partial charge in [-0.3, -0.25) is 0 Å². The van der Waals surface area contributed by atoms with Crippen molar-refractivity contribution in [2.45, 2.75) is 13.0 Å². The van der Waals surface area contributed by atoms with Gasteiger partial charge in [0.2, 0.25) is 0 Å². The maximum absolute atomic E-state index is 5.60. The molecule has 1 unspecified atom stereocenters. The molecule has 2 heterocycles. The highest BCUT2D eigenvalue weighted by Crippen LogP contribution is 2.16. The first-order valence-corrected chi connectivity index (χ1v) is 6.21. The molecular formula is C12H18N4S. The van der Waals surface area contributed by atoms with E-state index >= 15 is 0 Å². The summed E-state index contributed by atoms with van der Waals surface area (Å²) in [5, 5.41) is 0. The number of anilines is 1. The van der Waals surface area contributed by atoms with Crippen molar-refractivity contribution in [1.29, 1.82) is 0 Å². The molecule has 0 saturated carbocycles. The first-order valence-electron chi connectivity index (χ1n) is 5.80. The zero-order valence-electron chi connectivity index (χ0n) is 10.3. The van der Waals surface area contributed by atoms with Gasteiger partial charge in [-0.05, 0) is 26.1 Å². The zero-order chi connectivity index (χ0) is 12.4. The number of piperazine rings is 1. The van der Waals surface area contributed by atoms with Gasteiger partial charge in [0.15, 0.2) is 0 Å². The van der Waals surface area contributed by atoms with Gasteiger partial charge in [0.05, 0.1) is 5.69 Å². The van der Waals surface area contributed by atoms with Crippen molar-refractivity contribution in [3.05, 3.63) is 23.9 Å². The number of hydrogen-bond acceptors (Lipinski definition) is 4. The molecule has 2 N–H and O–H groups in total. The monoisotopic (exact) mass is 250 g/mol. The van der Waals surface area contributed by atoms with Crippen LogP contribution in [0.2, 0.25) is 0 Å². The summed E-state index contributed by atoms with van der Waals surface area (Å²) in [4.78, 5) is 9.49. The Hall–Kier alpha value is -1.20. The Balaban J connectivity index is 2.17. The van der Waals surface area contributed by atoms with Crippen molar-refractivity contribution < 1.29 is 0 Å². The maximum atomic E-state index is 5.60. The Morgan fingerprint density at radius 3 is 2.88 bits per heavy atom. The van der Waals surface area contributed by atoms with Crippen molar-refractivity contribution in [2.75, 3.05) is 31.6 Å². The van der Waals surface area contributed by atoms with Gasteiger partial charge in [-0.1, -0.05) is 18.3 Å². The third-order valence-electron chi connectivity index (χ3n) is 3.27. The first-order chi connectivity index (χ1) is 8.08. The lowest BCUT2D eigenvalue weighted by Crippen LogP contribution is -2.50. The molecule has 4 nitrogen and oxygen atoms in total. The molecule has 17 heavy (non-hydrogen) atoms. The third kappa shape index (κ3) is 2.73.